The smallest absolute Gasteiger partial charge is 0.237 e. The molecule has 1 saturated heterocycles. The van der Waals surface area contributed by atoms with Gasteiger partial charge in [-0.3, -0.25) is 4.79 Å². The van der Waals surface area contributed by atoms with Crippen molar-refractivity contribution in [3.05, 3.63) is 71.3 Å². The predicted molar refractivity (Wildman–Crippen MR) is 111 cm³/mol. The minimum absolute atomic E-state index is 0. The maximum atomic E-state index is 12.6. The van der Waals surface area contributed by atoms with Crippen molar-refractivity contribution in [2.45, 2.75) is 37.6 Å². The number of benzene rings is 2. The first-order valence-corrected chi connectivity index (χ1v) is 9.32. The third-order valence-electron chi connectivity index (χ3n) is 5.40. The monoisotopic (exact) mass is 388 g/mol. The second kappa shape index (κ2) is 9.88. The minimum Gasteiger partial charge on any atom is -0.381 e. The molecule has 4 nitrogen and oxygen atoms in total. The van der Waals surface area contributed by atoms with Crippen LogP contribution in [0.3, 0.4) is 0 Å². The maximum absolute atomic E-state index is 12.6. The molecule has 0 aliphatic carbocycles. The summed E-state index contributed by atoms with van der Waals surface area (Å²) in [5, 5.41) is 3.12. The van der Waals surface area contributed by atoms with Gasteiger partial charge < -0.3 is 15.8 Å². The zero-order valence-corrected chi connectivity index (χ0v) is 16.6. The Labute approximate surface area is 167 Å². The molecule has 0 spiro atoms. The number of nitrogens with two attached hydrogens (primary N) is 1. The fraction of sp³-hybridized carbons (Fsp3) is 0.409. The first kappa shape index (κ1) is 21.4. The van der Waals surface area contributed by atoms with E-state index in [9.17, 15) is 4.79 Å². The van der Waals surface area contributed by atoms with Crippen molar-refractivity contribution in [1.82, 2.24) is 5.32 Å². The zero-order valence-electron chi connectivity index (χ0n) is 15.8. The maximum Gasteiger partial charge on any atom is 0.237 e. The van der Waals surface area contributed by atoms with Crippen LogP contribution in [-0.2, 0) is 21.4 Å². The van der Waals surface area contributed by atoms with Gasteiger partial charge in [-0.2, -0.15) is 0 Å². The molecule has 1 atom stereocenters. The van der Waals surface area contributed by atoms with Crippen LogP contribution < -0.4 is 11.1 Å². The van der Waals surface area contributed by atoms with Crippen LogP contribution in [0.4, 0.5) is 0 Å². The topological polar surface area (TPSA) is 64.4 Å². The number of ether oxygens (including phenoxy) is 1. The van der Waals surface area contributed by atoms with E-state index in [0.29, 0.717) is 13.0 Å². The van der Waals surface area contributed by atoms with Gasteiger partial charge in [-0.1, -0.05) is 54.6 Å². The lowest BCUT2D eigenvalue weighted by atomic mass is 9.72. The van der Waals surface area contributed by atoms with E-state index in [1.165, 1.54) is 11.1 Å². The predicted octanol–water partition coefficient (Wildman–Crippen LogP) is 3.15. The van der Waals surface area contributed by atoms with Crippen LogP contribution in [0.2, 0.25) is 0 Å². The van der Waals surface area contributed by atoms with E-state index in [1.807, 2.05) is 30.3 Å². The minimum atomic E-state index is -0.536. The number of aryl methyl sites for hydroxylation is 1. The molecule has 1 aliphatic heterocycles. The molecule has 0 saturated carbocycles. The van der Waals surface area contributed by atoms with Crippen LogP contribution in [0.1, 0.15) is 29.5 Å². The highest BCUT2D eigenvalue weighted by molar-refractivity contribution is 5.85. The molecule has 1 heterocycles. The van der Waals surface area contributed by atoms with Crippen LogP contribution in [-0.4, -0.2) is 31.7 Å². The number of carbonyl (C=O) groups is 1. The van der Waals surface area contributed by atoms with Crippen LogP contribution in [0.5, 0.6) is 0 Å². The van der Waals surface area contributed by atoms with E-state index in [-0.39, 0.29) is 23.7 Å². The van der Waals surface area contributed by atoms with E-state index in [0.717, 1.165) is 31.6 Å². The normalized spacial score (nSPS) is 16.8. The van der Waals surface area contributed by atoms with Gasteiger partial charge in [0.05, 0.1) is 6.04 Å². The van der Waals surface area contributed by atoms with Crippen molar-refractivity contribution in [1.29, 1.82) is 0 Å². The van der Waals surface area contributed by atoms with Gasteiger partial charge in [-0.15, -0.1) is 12.4 Å². The molecule has 3 rings (SSSR count). The summed E-state index contributed by atoms with van der Waals surface area (Å²) in [5.41, 5.74) is 9.71. The summed E-state index contributed by atoms with van der Waals surface area (Å²) >= 11 is 0. The lowest BCUT2D eigenvalue weighted by Crippen LogP contribution is -2.49. The van der Waals surface area contributed by atoms with Gasteiger partial charge in [-0.05, 0) is 42.9 Å². The second-order valence-electron chi connectivity index (χ2n) is 7.22. The largest absolute Gasteiger partial charge is 0.381 e. The van der Waals surface area contributed by atoms with Gasteiger partial charge in [0.15, 0.2) is 0 Å². The summed E-state index contributed by atoms with van der Waals surface area (Å²) in [7, 11) is 0. The van der Waals surface area contributed by atoms with Gasteiger partial charge >= 0.3 is 0 Å². The molecule has 0 aromatic heterocycles. The Hall–Kier alpha value is -1.88. The molecule has 1 fully saturated rings. The SMILES string of the molecule is Cc1ccccc1C1(CNC(=O)[C@@H](N)Cc2ccccc2)CCOCC1.Cl. The Morgan fingerprint density at radius 2 is 1.74 bits per heavy atom. The molecule has 27 heavy (non-hydrogen) atoms. The van der Waals surface area contributed by atoms with Crippen molar-refractivity contribution >= 4 is 18.3 Å². The Kier molecular flexibility index (Phi) is 7.84. The number of halogens is 1. The van der Waals surface area contributed by atoms with Crippen molar-refractivity contribution in [2.24, 2.45) is 5.73 Å². The highest BCUT2D eigenvalue weighted by Crippen LogP contribution is 2.36. The summed E-state index contributed by atoms with van der Waals surface area (Å²) in [5.74, 6) is -0.0895. The summed E-state index contributed by atoms with van der Waals surface area (Å²) in [4.78, 5) is 12.6. The fourth-order valence-corrected chi connectivity index (χ4v) is 3.82. The quantitative estimate of drug-likeness (QED) is 0.798. The highest BCUT2D eigenvalue weighted by atomic mass is 35.5. The number of nitrogens with one attached hydrogen (secondary N) is 1. The average molecular weight is 389 g/mol. The third-order valence-corrected chi connectivity index (χ3v) is 5.40. The molecule has 146 valence electrons. The Balaban J connectivity index is 0.00000261. The van der Waals surface area contributed by atoms with E-state index in [1.54, 1.807) is 0 Å². The molecule has 1 amide bonds. The van der Waals surface area contributed by atoms with Gasteiger partial charge in [0.2, 0.25) is 5.91 Å². The first-order valence-electron chi connectivity index (χ1n) is 9.32. The van der Waals surface area contributed by atoms with Crippen LogP contribution in [0, 0.1) is 6.92 Å². The molecule has 3 N–H and O–H groups in total. The van der Waals surface area contributed by atoms with Crippen molar-refractivity contribution in [3.63, 3.8) is 0 Å². The fourth-order valence-electron chi connectivity index (χ4n) is 3.82. The van der Waals surface area contributed by atoms with E-state index < -0.39 is 6.04 Å². The highest BCUT2D eigenvalue weighted by Gasteiger charge is 2.36. The van der Waals surface area contributed by atoms with Crippen molar-refractivity contribution < 1.29 is 9.53 Å². The van der Waals surface area contributed by atoms with E-state index >= 15 is 0 Å². The Bertz CT molecular complexity index is 730. The average Bonchev–Trinajstić information content (AvgIpc) is 2.68. The number of rotatable bonds is 6. The molecule has 0 radical (unpaired) electrons. The van der Waals surface area contributed by atoms with Crippen LogP contribution in [0.15, 0.2) is 54.6 Å². The van der Waals surface area contributed by atoms with E-state index in [4.69, 9.17) is 10.5 Å². The van der Waals surface area contributed by atoms with Gasteiger partial charge in [0.25, 0.3) is 0 Å². The van der Waals surface area contributed by atoms with Gasteiger partial charge in [-0.25, -0.2) is 0 Å². The molecule has 0 unspecified atom stereocenters. The molecular formula is C22H29ClN2O2. The lowest BCUT2D eigenvalue weighted by molar-refractivity contribution is -0.122. The molecule has 0 bridgehead atoms. The van der Waals surface area contributed by atoms with Crippen LogP contribution >= 0.6 is 12.4 Å². The number of amides is 1. The molecule has 5 heteroatoms. The van der Waals surface area contributed by atoms with Gasteiger partial charge in [0.1, 0.15) is 0 Å². The zero-order chi connectivity index (χ0) is 18.4. The number of carbonyl (C=O) groups excluding carboxylic acids is 1. The summed E-state index contributed by atoms with van der Waals surface area (Å²) in [6, 6.07) is 17.8. The molecule has 2 aromatic rings. The lowest BCUT2D eigenvalue weighted by Gasteiger charge is -2.39. The molecule has 2 aromatic carbocycles. The Morgan fingerprint density at radius 1 is 1.11 bits per heavy atom. The van der Waals surface area contributed by atoms with Crippen molar-refractivity contribution in [3.8, 4) is 0 Å². The number of hydrogen-bond donors (Lipinski definition) is 2. The Morgan fingerprint density at radius 3 is 2.41 bits per heavy atom. The number of hydrogen-bond acceptors (Lipinski definition) is 3. The summed E-state index contributed by atoms with van der Waals surface area (Å²) in [6.07, 6.45) is 2.37. The third kappa shape index (κ3) is 5.32. The standard InChI is InChI=1S/C22H28N2O2.ClH/c1-17-7-5-6-10-19(17)22(11-13-26-14-12-22)16-24-21(25)20(23)15-18-8-3-2-4-9-18;/h2-10,20H,11-16,23H2,1H3,(H,24,25);1H/t20-;/m0./s1. The van der Waals surface area contributed by atoms with Crippen molar-refractivity contribution in [2.75, 3.05) is 19.8 Å². The molecule has 1 aliphatic rings. The van der Waals surface area contributed by atoms with Gasteiger partial charge in [0, 0.05) is 25.2 Å². The second-order valence-corrected chi connectivity index (χ2v) is 7.22. The van der Waals surface area contributed by atoms with Crippen LogP contribution in [0.25, 0.3) is 0 Å². The van der Waals surface area contributed by atoms with E-state index in [2.05, 4.69) is 36.5 Å². The summed E-state index contributed by atoms with van der Waals surface area (Å²) in [6.45, 7) is 4.18. The molecular weight excluding hydrogens is 360 g/mol. The summed E-state index contributed by atoms with van der Waals surface area (Å²) < 4.78 is 5.58. The first-order chi connectivity index (χ1) is 12.6.